The highest BCUT2D eigenvalue weighted by Crippen LogP contribution is 2.17. The Morgan fingerprint density at radius 3 is 2.63 bits per heavy atom. The molecule has 0 aromatic heterocycles. The van der Waals surface area contributed by atoms with Gasteiger partial charge in [0.2, 0.25) is 0 Å². The Balaban J connectivity index is 2.91. The number of hydrogen-bond acceptors (Lipinski definition) is 6. The van der Waals surface area contributed by atoms with Crippen LogP contribution in [0.25, 0.3) is 0 Å². The van der Waals surface area contributed by atoms with Crippen molar-refractivity contribution in [3.05, 3.63) is 44.7 Å². The molecule has 0 amide bonds. The number of carbonyl (C=O) groups is 2. The lowest BCUT2D eigenvalue weighted by molar-refractivity contribution is -0.420. The lowest BCUT2D eigenvalue weighted by Gasteiger charge is -2.06. The summed E-state index contributed by atoms with van der Waals surface area (Å²) >= 11 is 0. The van der Waals surface area contributed by atoms with E-state index in [1.54, 1.807) is 6.92 Å². The van der Waals surface area contributed by atoms with Crippen LogP contribution in [-0.2, 0) is 19.1 Å². The van der Waals surface area contributed by atoms with Crippen LogP contribution in [0.1, 0.15) is 13.8 Å². The maximum absolute atomic E-state index is 11.2. The molecule has 1 rings (SSSR count). The molecule has 0 aromatic carbocycles. The summed E-state index contributed by atoms with van der Waals surface area (Å²) in [6.07, 6.45) is 1.02. The summed E-state index contributed by atoms with van der Waals surface area (Å²) in [5.41, 5.74) is 4.15. The van der Waals surface area contributed by atoms with Crippen LogP contribution in [0.4, 0.5) is 0 Å². The molecule has 0 N–H and O–H groups in total. The Morgan fingerprint density at radius 1 is 1.42 bits per heavy atom. The number of carbonyl (C=O) groups excluding carboxylic acids is 2. The average Bonchev–Trinajstić information content (AvgIpc) is 2.36. The molecule has 0 aliphatic heterocycles. The van der Waals surface area contributed by atoms with E-state index >= 15 is 0 Å². The fourth-order valence-corrected chi connectivity index (χ4v) is 1.25. The molecule has 0 saturated carbocycles. The van der Waals surface area contributed by atoms with Crippen molar-refractivity contribution in [2.45, 2.75) is 13.8 Å². The molecule has 100 valence electrons. The minimum absolute atomic E-state index is 0.0512. The molecule has 0 unspecified atom stereocenters. The smallest absolute Gasteiger partial charge is 0.344 e. The van der Waals surface area contributed by atoms with E-state index in [-0.39, 0.29) is 17.9 Å². The zero-order valence-electron chi connectivity index (χ0n) is 10.4. The largest absolute Gasteiger partial charge is 0.473 e. The van der Waals surface area contributed by atoms with Crippen molar-refractivity contribution < 1.29 is 24.0 Å². The van der Waals surface area contributed by atoms with E-state index < -0.39 is 29.0 Å². The molecular formula is C12H11NO6. The fraction of sp³-hybridized carbons (Fsp3) is 0.333. The van der Waals surface area contributed by atoms with Crippen molar-refractivity contribution >= 4 is 11.8 Å². The Hall–Kier alpha value is -2.62. The number of allylic oxidation sites excluding steroid dienone is 2. The zero-order chi connectivity index (χ0) is 14.4. The number of nitro groups is 1. The average molecular weight is 265 g/mol. The van der Waals surface area contributed by atoms with Gasteiger partial charge in [0.15, 0.2) is 18.1 Å². The quantitative estimate of drug-likeness (QED) is 0.306. The van der Waals surface area contributed by atoms with Gasteiger partial charge in [0, 0.05) is 6.92 Å². The van der Waals surface area contributed by atoms with Gasteiger partial charge in [-0.05, 0) is 18.4 Å². The van der Waals surface area contributed by atoms with Crippen LogP contribution in [0.15, 0.2) is 34.6 Å². The Bertz CT molecular complexity index is 559. The van der Waals surface area contributed by atoms with Gasteiger partial charge in [-0.1, -0.05) is 0 Å². The van der Waals surface area contributed by atoms with E-state index in [9.17, 15) is 19.7 Å². The second-order valence-corrected chi connectivity index (χ2v) is 3.43. The minimum Gasteiger partial charge on any atom is -0.473 e. The van der Waals surface area contributed by atoms with Crippen molar-refractivity contribution in [2.24, 2.45) is 0 Å². The third kappa shape index (κ3) is 3.96. The van der Waals surface area contributed by atoms with Gasteiger partial charge in [-0.2, -0.15) is 0 Å². The SMILES string of the molecule is CCOC(=O)COC1=C=C=C(C(C)=O)C([N+](=O)[O-])=C1. The molecule has 0 atom stereocenters. The molecule has 0 bridgehead atoms. The standard InChI is InChI=1S/C12H11NO6/c1-3-18-12(15)7-19-9-4-5-10(8(2)14)11(6-9)13(16)17/h6H,3,7H2,1-2H3. The first-order chi connectivity index (χ1) is 8.95. The predicted octanol–water partition coefficient (Wildman–Crippen LogP) is 0.894. The van der Waals surface area contributed by atoms with Gasteiger partial charge in [-0.25, -0.2) is 4.79 Å². The van der Waals surface area contributed by atoms with E-state index in [0.29, 0.717) is 0 Å². The predicted molar refractivity (Wildman–Crippen MR) is 62.4 cm³/mol. The van der Waals surface area contributed by atoms with Crippen LogP contribution < -0.4 is 0 Å². The van der Waals surface area contributed by atoms with E-state index in [4.69, 9.17) is 4.74 Å². The number of rotatable bonds is 6. The van der Waals surface area contributed by atoms with Crippen LogP contribution in [0, 0.1) is 10.1 Å². The van der Waals surface area contributed by atoms with Crippen molar-refractivity contribution in [1.82, 2.24) is 0 Å². The highest BCUT2D eigenvalue weighted by molar-refractivity contribution is 5.97. The number of hydrogen-bond donors (Lipinski definition) is 0. The zero-order valence-corrected chi connectivity index (χ0v) is 10.4. The van der Waals surface area contributed by atoms with Crippen LogP contribution in [0.2, 0.25) is 0 Å². The third-order valence-corrected chi connectivity index (χ3v) is 2.03. The molecule has 0 aromatic rings. The van der Waals surface area contributed by atoms with Gasteiger partial charge >= 0.3 is 5.97 Å². The monoisotopic (exact) mass is 265 g/mol. The first-order valence-corrected chi connectivity index (χ1v) is 5.37. The van der Waals surface area contributed by atoms with Crippen molar-refractivity contribution in [3.63, 3.8) is 0 Å². The Kier molecular flexibility index (Phi) is 4.83. The van der Waals surface area contributed by atoms with E-state index in [1.807, 2.05) is 0 Å². The topological polar surface area (TPSA) is 95.7 Å². The first kappa shape index (κ1) is 14.4. The molecule has 19 heavy (non-hydrogen) atoms. The lowest BCUT2D eigenvalue weighted by Crippen LogP contribution is -2.14. The molecule has 0 spiro atoms. The summed E-state index contributed by atoms with van der Waals surface area (Å²) in [5.74, 6) is -1.15. The van der Waals surface area contributed by atoms with Gasteiger partial charge < -0.3 is 9.47 Å². The van der Waals surface area contributed by atoms with Gasteiger partial charge in [0.1, 0.15) is 5.57 Å². The van der Waals surface area contributed by atoms with Crippen LogP contribution in [-0.4, -0.2) is 29.9 Å². The molecule has 1 aliphatic rings. The summed E-state index contributed by atoms with van der Waals surface area (Å²) in [6, 6.07) is 0. The van der Waals surface area contributed by atoms with Crippen LogP contribution in [0.5, 0.6) is 0 Å². The van der Waals surface area contributed by atoms with Gasteiger partial charge in [-0.15, -0.1) is 0 Å². The molecular weight excluding hydrogens is 254 g/mol. The molecule has 7 nitrogen and oxygen atoms in total. The first-order valence-electron chi connectivity index (χ1n) is 5.37. The van der Waals surface area contributed by atoms with Crippen molar-refractivity contribution in [2.75, 3.05) is 13.2 Å². The lowest BCUT2D eigenvalue weighted by atomic mass is 10.1. The summed E-state index contributed by atoms with van der Waals surface area (Å²) in [5, 5.41) is 10.8. The number of ketones is 1. The summed E-state index contributed by atoms with van der Waals surface area (Å²) in [6.45, 7) is 2.65. The molecule has 1 aliphatic carbocycles. The van der Waals surface area contributed by atoms with E-state index in [0.717, 1.165) is 6.08 Å². The van der Waals surface area contributed by atoms with Gasteiger partial charge in [0.05, 0.1) is 17.6 Å². The van der Waals surface area contributed by atoms with Crippen molar-refractivity contribution in [1.29, 1.82) is 0 Å². The van der Waals surface area contributed by atoms with E-state index in [1.165, 1.54) is 6.92 Å². The number of ether oxygens (including phenoxy) is 2. The molecule has 0 radical (unpaired) electrons. The number of esters is 1. The summed E-state index contributed by atoms with van der Waals surface area (Å²) in [4.78, 5) is 32.3. The van der Waals surface area contributed by atoms with Crippen LogP contribution >= 0.6 is 0 Å². The molecule has 0 heterocycles. The van der Waals surface area contributed by atoms with Gasteiger partial charge in [0.25, 0.3) is 5.70 Å². The summed E-state index contributed by atoms with van der Waals surface area (Å²) < 4.78 is 9.60. The van der Waals surface area contributed by atoms with Gasteiger partial charge in [-0.3, -0.25) is 14.9 Å². The second-order valence-electron chi connectivity index (χ2n) is 3.43. The second kappa shape index (κ2) is 6.35. The molecule has 0 saturated heterocycles. The Labute approximate surface area is 108 Å². The fourth-order valence-electron chi connectivity index (χ4n) is 1.25. The van der Waals surface area contributed by atoms with Crippen molar-refractivity contribution in [3.8, 4) is 0 Å². The maximum atomic E-state index is 11.2. The maximum Gasteiger partial charge on any atom is 0.344 e. The normalized spacial score (nSPS) is 13.1. The highest BCUT2D eigenvalue weighted by atomic mass is 16.6. The van der Waals surface area contributed by atoms with E-state index in [2.05, 4.69) is 16.2 Å². The summed E-state index contributed by atoms with van der Waals surface area (Å²) in [7, 11) is 0. The molecule has 0 fully saturated rings. The number of nitrogens with zero attached hydrogens (tertiary/aromatic N) is 1. The Morgan fingerprint density at radius 2 is 2.11 bits per heavy atom. The minimum atomic E-state index is -0.724. The number of Topliss-reactive ketones (excluding diaryl/α,β-unsaturated/α-hetero) is 1. The van der Waals surface area contributed by atoms with Crippen LogP contribution in [0.3, 0.4) is 0 Å². The highest BCUT2D eigenvalue weighted by Gasteiger charge is 2.24. The molecule has 7 heteroatoms. The third-order valence-electron chi connectivity index (χ3n) is 2.03.